The van der Waals surface area contributed by atoms with Crippen LogP contribution in [0.2, 0.25) is 0 Å². The Kier molecular flexibility index (Phi) is 3.61. The zero-order valence-electron chi connectivity index (χ0n) is 12.0. The molecule has 3 nitrogen and oxygen atoms in total. The number of thioether (sulfide) groups is 1. The molecule has 0 aliphatic carbocycles. The van der Waals surface area contributed by atoms with Crippen LogP contribution in [0.1, 0.15) is 23.5 Å². The van der Waals surface area contributed by atoms with Gasteiger partial charge in [0.05, 0.1) is 11.1 Å². The third-order valence-electron chi connectivity index (χ3n) is 3.61. The Bertz CT molecular complexity index is 711. The Labute approximate surface area is 131 Å². The quantitative estimate of drug-likeness (QED) is 0.872. The number of benzene rings is 1. The summed E-state index contributed by atoms with van der Waals surface area (Å²) in [4.78, 5) is 15.0. The fourth-order valence-electron chi connectivity index (χ4n) is 2.62. The molecule has 0 bridgehead atoms. The highest BCUT2D eigenvalue weighted by molar-refractivity contribution is 8.00. The van der Waals surface area contributed by atoms with Gasteiger partial charge in [-0.2, -0.15) is 11.8 Å². The number of hydrogen-bond acceptors (Lipinski definition) is 4. The first-order chi connectivity index (χ1) is 9.89. The fourth-order valence-corrected chi connectivity index (χ4v) is 4.84. The molecule has 2 N–H and O–H groups in total. The van der Waals surface area contributed by atoms with E-state index in [-0.39, 0.29) is 22.2 Å². The highest BCUT2D eigenvalue weighted by atomic mass is 32.2. The maximum Gasteiger partial charge on any atom is 0.266 e. The van der Waals surface area contributed by atoms with Crippen LogP contribution in [0.4, 0.5) is 10.1 Å². The van der Waals surface area contributed by atoms with Crippen molar-refractivity contribution in [3.05, 3.63) is 28.9 Å². The molecule has 0 unspecified atom stereocenters. The molecule has 0 radical (unpaired) electrons. The van der Waals surface area contributed by atoms with Crippen molar-refractivity contribution in [2.75, 3.05) is 24.6 Å². The molecule has 0 spiro atoms. The number of fused-ring (bicyclic) bond motifs is 1. The van der Waals surface area contributed by atoms with Crippen LogP contribution in [-0.2, 0) is 0 Å². The first-order valence-corrected chi connectivity index (χ1v) is 8.59. The van der Waals surface area contributed by atoms with Crippen molar-refractivity contribution < 1.29 is 9.18 Å². The molecule has 1 amide bonds. The third kappa shape index (κ3) is 2.62. The Morgan fingerprint density at radius 2 is 2.19 bits per heavy atom. The van der Waals surface area contributed by atoms with E-state index in [9.17, 15) is 9.18 Å². The Hall–Kier alpha value is -1.27. The highest BCUT2D eigenvalue weighted by Crippen LogP contribution is 2.37. The summed E-state index contributed by atoms with van der Waals surface area (Å²) < 4.78 is 14.7. The lowest BCUT2D eigenvalue weighted by molar-refractivity contribution is 0.0754. The van der Waals surface area contributed by atoms with Gasteiger partial charge in [0.2, 0.25) is 0 Å². The predicted molar refractivity (Wildman–Crippen MR) is 88.6 cm³/mol. The minimum absolute atomic E-state index is 0.0462. The van der Waals surface area contributed by atoms with Crippen LogP contribution in [0, 0.1) is 5.82 Å². The summed E-state index contributed by atoms with van der Waals surface area (Å²) in [7, 11) is 0. The number of hydrogen-bond donors (Lipinski definition) is 1. The summed E-state index contributed by atoms with van der Waals surface area (Å²) in [6, 6.07) is 4.81. The minimum atomic E-state index is -0.366. The highest BCUT2D eigenvalue weighted by Gasteiger charge is 2.32. The number of nitrogens with zero attached hydrogens (tertiary/aromatic N) is 1. The summed E-state index contributed by atoms with van der Waals surface area (Å²) in [6.07, 6.45) is 0. The fraction of sp³-hybridized carbons (Fsp3) is 0.400. The van der Waals surface area contributed by atoms with Crippen molar-refractivity contribution in [2.24, 2.45) is 0 Å². The number of nitrogen functional groups attached to an aromatic ring is 1. The standard InChI is InChI=1S/C15H17FN2OS2/c1-15(2)8-18(6-7-20-15)14(19)13-12(17)11-9(16)4-3-5-10(11)21-13/h3-5H,6-8,17H2,1-2H3. The van der Waals surface area contributed by atoms with E-state index < -0.39 is 0 Å². The van der Waals surface area contributed by atoms with Crippen LogP contribution in [0.25, 0.3) is 10.1 Å². The number of anilines is 1. The Morgan fingerprint density at radius 3 is 2.86 bits per heavy atom. The molecule has 1 aromatic carbocycles. The van der Waals surface area contributed by atoms with Crippen molar-refractivity contribution in [2.45, 2.75) is 18.6 Å². The van der Waals surface area contributed by atoms with Crippen LogP contribution in [0.5, 0.6) is 0 Å². The number of rotatable bonds is 1. The van der Waals surface area contributed by atoms with Crippen molar-refractivity contribution in [1.82, 2.24) is 4.90 Å². The smallest absolute Gasteiger partial charge is 0.266 e. The van der Waals surface area contributed by atoms with Crippen LogP contribution in [-0.4, -0.2) is 34.4 Å². The van der Waals surface area contributed by atoms with E-state index in [1.165, 1.54) is 17.4 Å². The Balaban J connectivity index is 1.99. The van der Waals surface area contributed by atoms with E-state index in [1.807, 2.05) is 16.7 Å². The normalized spacial score (nSPS) is 18.1. The third-order valence-corrected chi connectivity index (χ3v) is 6.06. The number of halogens is 1. The lowest BCUT2D eigenvalue weighted by Gasteiger charge is -2.37. The second-order valence-corrected chi connectivity index (χ2v) is 8.65. The van der Waals surface area contributed by atoms with Crippen molar-refractivity contribution in [1.29, 1.82) is 0 Å². The van der Waals surface area contributed by atoms with E-state index in [4.69, 9.17) is 5.73 Å². The van der Waals surface area contributed by atoms with E-state index in [1.54, 1.807) is 12.1 Å². The molecule has 1 aromatic heterocycles. The molecule has 0 atom stereocenters. The molecule has 1 aliphatic rings. The monoisotopic (exact) mass is 324 g/mol. The summed E-state index contributed by atoms with van der Waals surface area (Å²) in [6.45, 7) is 5.66. The number of carbonyl (C=O) groups excluding carboxylic acids is 1. The van der Waals surface area contributed by atoms with Gasteiger partial charge >= 0.3 is 0 Å². The van der Waals surface area contributed by atoms with Crippen LogP contribution in [0.3, 0.4) is 0 Å². The van der Waals surface area contributed by atoms with E-state index in [0.717, 1.165) is 10.5 Å². The van der Waals surface area contributed by atoms with Crippen LogP contribution in [0.15, 0.2) is 18.2 Å². The molecule has 1 fully saturated rings. The SMILES string of the molecule is CC1(C)CN(C(=O)c2sc3cccc(F)c3c2N)CCS1. The molecule has 2 aromatic rings. The summed E-state index contributed by atoms with van der Waals surface area (Å²) in [5.41, 5.74) is 6.31. The first kappa shape index (κ1) is 14.7. The van der Waals surface area contributed by atoms with Gasteiger partial charge in [0.1, 0.15) is 10.7 Å². The molecular formula is C15H17FN2OS2. The Morgan fingerprint density at radius 1 is 1.43 bits per heavy atom. The lowest BCUT2D eigenvalue weighted by Crippen LogP contribution is -2.46. The van der Waals surface area contributed by atoms with Gasteiger partial charge in [0, 0.05) is 28.3 Å². The maximum atomic E-state index is 13.9. The predicted octanol–water partition coefficient (Wildman–Crippen LogP) is 3.59. The summed E-state index contributed by atoms with van der Waals surface area (Å²) >= 11 is 3.14. The summed E-state index contributed by atoms with van der Waals surface area (Å²) in [5, 5.41) is 0.372. The molecule has 0 saturated carbocycles. The van der Waals surface area contributed by atoms with Gasteiger partial charge in [0.25, 0.3) is 5.91 Å². The second kappa shape index (κ2) is 5.18. The topological polar surface area (TPSA) is 46.3 Å². The van der Waals surface area contributed by atoms with E-state index in [2.05, 4.69) is 13.8 Å². The van der Waals surface area contributed by atoms with E-state index >= 15 is 0 Å². The van der Waals surface area contributed by atoms with Gasteiger partial charge in [-0.25, -0.2) is 4.39 Å². The van der Waals surface area contributed by atoms with Crippen LogP contribution >= 0.6 is 23.1 Å². The molecule has 1 aliphatic heterocycles. The van der Waals surface area contributed by atoms with Crippen molar-refractivity contribution in [3.8, 4) is 0 Å². The number of nitrogens with two attached hydrogens (primary N) is 1. The average Bonchev–Trinajstić information content (AvgIpc) is 2.75. The second-order valence-electron chi connectivity index (χ2n) is 5.79. The average molecular weight is 324 g/mol. The largest absolute Gasteiger partial charge is 0.397 e. The van der Waals surface area contributed by atoms with Gasteiger partial charge in [-0.05, 0) is 26.0 Å². The number of carbonyl (C=O) groups is 1. The van der Waals surface area contributed by atoms with Gasteiger partial charge in [-0.15, -0.1) is 11.3 Å². The molecule has 2 heterocycles. The zero-order valence-corrected chi connectivity index (χ0v) is 13.6. The molecule has 1 saturated heterocycles. The summed E-state index contributed by atoms with van der Waals surface area (Å²) in [5.74, 6) is 0.467. The zero-order chi connectivity index (χ0) is 15.2. The molecule has 6 heteroatoms. The molecule has 112 valence electrons. The van der Waals surface area contributed by atoms with Crippen molar-refractivity contribution >= 4 is 44.8 Å². The van der Waals surface area contributed by atoms with Gasteiger partial charge in [-0.3, -0.25) is 4.79 Å². The minimum Gasteiger partial charge on any atom is -0.397 e. The van der Waals surface area contributed by atoms with E-state index in [0.29, 0.717) is 23.4 Å². The lowest BCUT2D eigenvalue weighted by atomic mass is 10.1. The van der Waals surface area contributed by atoms with Crippen LogP contribution < -0.4 is 5.73 Å². The molecular weight excluding hydrogens is 307 g/mol. The van der Waals surface area contributed by atoms with Gasteiger partial charge in [-0.1, -0.05) is 6.07 Å². The number of thiophene rings is 1. The first-order valence-electron chi connectivity index (χ1n) is 6.79. The number of amides is 1. The van der Waals surface area contributed by atoms with Gasteiger partial charge < -0.3 is 10.6 Å². The van der Waals surface area contributed by atoms with Crippen molar-refractivity contribution in [3.63, 3.8) is 0 Å². The molecule has 3 rings (SSSR count). The van der Waals surface area contributed by atoms with Gasteiger partial charge in [0.15, 0.2) is 0 Å². The molecule has 21 heavy (non-hydrogen) atoms. The maximum absolute atomic E-state index is 13.9.